The maximum atomic E-state index is 13.5. The molecule has 16 heavy (non-hydrogen) atoms. The van der Waals surface area contributed by atoms with Gasteiger partial charge in [-0.25, -0.2) is 4.39 Å². The fraction of sp³-hybridized carbons (Fsp3) is 0.273. The Bertz CT molecular complexity index is 389. The van der Waals surface area contributed by atoms with E-state index in [1.807, 2.05) is 0 Å². The SMILES string of the molecule is CC(NCC=C(F)F)c1cccc(Cl)c1F. The van der Waals surface area contributed by atoms with Crippen LogP contribution in [0.2, 0.25) is 5.02 Å². The fourth-order valence-corrected chi connectivity index (χ4v) is 1.46. The van der Waals surface area contributed by atoms with Crippen LogP contribution in [-0.4, -0.2) is 6.54 Å². The zero-order valence-corrected chi connectivity index (χ0v) is 9.36. The molecule has 0 spiro atoms. The normalized spacial score (nSPS) is 12.3. The third kappa shape index (κ3) is 3.54. The molecule has 0 bridgehead atoms. The molecular weight excluding hydrogens is 239 g/mol. The first kappa shape index (κ1) is 13.1. The molecule has 1 rings (SSSR count). The van der Waals surface area contributed by atoms with Crippen molar-refractivity contribution in [3.8, 4) is 0 Å². The minimum Gasteiger partial charge on any atom is -0.306 e. The van der Waals surface area contributed by atoms with Crippen molar-refractivity contribution in [1.82, 2.24) is 5.32 Å². The van der Waals surface area contributed by atoms with Gasteiger partial charge in [0.15, 0.2) is 0 Å². The van der Waals surface area contributed by atoms with Gasteiger partial charge in [-0.05, 0) is 19.1 Å². The predicted molar refractivity (Wildman–Crippen MR) is 58.1 cm³/mol. The summed E-state index contributed by atoms with van der Waals surface area (Å²) in [7, 11) is 0. The van der Waals surface area contributed by atoms with Crippen molar-refractivity contribution < 1.29 is 13.2 Å². The molecule has 0 radical (unpaired) electrons. The number of benzene rings is 1. The summed E-state index contributed by atoms with van der Waals surface area (Å²) in [6, 6.07) is 4.24. The van der Waals surface area contributed by atoms with E-state index in [4.69, 9.17) is 11.6 Å². The highest BCUT2D eigenvalue weighted by molar-refractivity contribution is 6.30. The van der Waals surface area contributed by atoms with Gasteiger partial charge in [-0.2, -0.15) is 8.78 Å². The molecule has 1 N–H and O–H groups in total. The number of nitrogens with one attached hydrogen (secondary N) is 1. The van der Waals surface area contributed by atoms with Crippen LogP contribution in [0.25, 0.3) is 0 Å². The van der Waals surface area contributed by atoms with Crippen LogP contribution >= 0.6 is 11.6 Å². The zero-order chi connectivity index (χ0) is 12.1. The van der Waals surface area contributed by atoms with E-state index >= 15 is 0 Å². The second kappa shape index (κ2) is 5.92. The van der Waals surface area contributed by atoms with Crippen LogP contribution in [0.3, 0.4) is 0 Å². The molecule has 0 saturated carbocycles. The lowest BCUT2D eigenvalue weighted by atomic mass is 10.1. The van der Waals surface area contributed by atoms with E-state index in [1.54, 1.807) is 19.1 Å². The standard InChI is InChI=1S/C11H11ClF3N/c1-7(16-6-5-10(13)14)8-3-2-4-9(12)11(8)15/h2-5,7,16H,6H2,1H3. The first-order valence-electron chi connectivity index (χ1n) is 4.71. The van der Waals surface area contributed by atoms with E-state index in [-0.39, 0.29) is 17.6 Å². The first-order valence-corrected chi connectivity index (χ1v) is 5.08. The molecular formula is C11H11ClF3N. The summed E-state index contributed by atoms with van der Waals surface area (Å²) in [5.74, 6) is -0.520. The van der Waals surface area contributed by atoms with Crippen molar-refractivity contribution in [3.63, 3.8) is 0 Å². The third-order valence-electron chi connectivity index (χ3n) is 2.13. The van der Waals surface area contributed by atoms with E-state index in [0.29, 0.717) is 5.56 Å². The molecule has 0 aromatic heterocycles. The number of hydrogen-bond donors (Lipinski definition) is 1. The van der Waals surface area contributed by atoms with E-state index in [9.17, 15) is 13.2 Å². The van der Waals surface area contributed by atoms with E-state index < -0.39 is 11.9 Å². The van der Waals surface area contributed by atoms with Crippen LogP contribution < -0.4 is 5.32 Å². The van der Waals surface area contributed by atoms with Crippen molar-refractivity contribution in [1.29, 1.82) is 0 Å². The van der Waals surface area contributed by atoms with Gasteiger partial charge in [0.2, 0.25) is 0 Å². The van der Waals surface area contributed by atoms with Crippen molar-refractivity contribution in [2.75, 3.05) is 6.54 Å². The minimum absolute atomic E-state index is 0.0184. The summed E-state index contributed by atoms with van der Waals surface area (Å²) in [5, 5.41) is 2.77. The van der Waals surface area contributed by atoms with Crippen LogP contribution in [0.5, 0.6) is 0 Å². The van der Waals surface area contributed by atoms with Crippen LogP contribution in [0.4, 0.5) is 13.2 Å². The summed E-state index contributed by atoms with van der Waals surface area (Å²) in [4.78, 5) is 0. The smallest absolute Gasteiger partial charge is 0.267 e. The quantitative estimate of drug-likeness (QED) is 0.853. The summed E-state index contributed by atoms with van der Waals surface area (Å²) >= 11 is 5.61. The van der Waals surface area contributed by atoms with Gasteiger partial charge in [-0.15, -0.1) is 0 Å². The number of hydrogen-bond acceptors (Lipinski definition) is 1. The Morgan fingerprint density at radius 2 is 2.19 bits per heavy atom. The average molecular weight is 250 g/mol. The van der Waals surface area contributed by atoms with Crippen molar-refractivity contribution in [2.45, 2.75) is 13.0 Å². The summed E-state index contributed by atoms with van der Waals surface area (Å²) in [5.41, 5.74) is 0.361. The number of halogens is 4. The molecule has 1 atom stereocenters. The van der Waals surface area contributed by atoms with Gasteiger partial charge >= 0.3 is 0 Å². The summed E-state index contributed by atoms with van der Waals surface area (Å²) in [6.07, 6.45) is -1.02. The van der Waals surface area contributed by atoms with Crippen molar-refractivity contribution in [3.05, 3.63) is 46.8 Å². The lowest BCUT2D eigenvalue weighted by Crippen LogP contribution is -2.19. The zero-order valence-electron chi connectivity index (χ0n) is 8.61. The van der Waals surface area contributed by atoms with Crippen LogP contribution in [0, 0.1) is 5.82 Å². The highest BCUT2D eigenvalue weighted by Crippen LogP contribution is 2.22. The Kier molecular flexibility index (Phi) is 4.83. The molecule has 1 aromatic rings. The molecule has 0 fully saturated rings. The molecule has 0 aliphatic carbocycles. The Morgan fingerprint density at radius 3 is 2.81 bits per heavy atom. The molecule has 0 heterocycles. The lowest BCUT2D eigenvalue weighted by Gasteiger charge is -2.14. The fourth-order valence-electron chi connectivity index (χ4n) is 1.28. The summed E-state index contributed by atoms with van der Waals surface area (Å²) in [6.45, 7) is 1.66. The van der Waals surface area contributed by atoms with E-state index in [1.165, 1.54) is 6.07 Å². The molecule has 0 amide bonds. The van der Waals surface area contributed by atoms with Crippen LogP contribution in [-0.2, 0) is 0 Å². The Balaban J connectivity index is 2.69. The van der Waals surface area contributed by atoms with Gasteiger partial charge < -0.3 is 5.32 Å². The topological polar surface area (TPSA) is 12.0 Å². The second-order valence-corrected chi connectivity index (χ2v) is 3.67. The highest BCUT2D eigenvalue weighted by Gasteiger charge is 2.12. The van der Waals surface area contributed by atoms with Gasteiger partial charge in [-0.1, -0.05) is 23.7 Å². The Morgan fingerprint density at radius 1 is 1.50 bits per heavy atom. The Hall–Kier alpha value is -1.00. The van der Waals surface area contributed by atoms with Gasteiger partial charge in [0.1, 0.15) is 5.82 Å². The monoisotopic (exact) mass is 249 g/mol. The highest BCUT2D eigenvalue weighted by atomic mass is 35.5. The van der Waals surface area contributed by atoms with E-state index in [0.717, 1.165) is 6.08 Å². The van der Waals surface area contributed by atoms with Crippen LogP contribution in [0.15, 0.2) is 30.4 Å². The van der Waals surface area contributed by atoms with Gasteiger partial charge in [0.25, 0.3) is 6.08 Å². The molecule has 0 aliphatic rings. The van der Waals surface area contributed by atoms with Crippen LogP contribution in [0.1, 0.15) is 18.5 Å². The van der Waals surface area contributed by atoms with Crippen molar-refractivity contribution >= 4 is 11.6 Å². The maximum Gasteiger partial charge on any atom is 0.267 e. The van der Waals surface area contributed by atoms with Gasteiger partial charge in [-0.3, -0.25) is 0 Å². The lowest BCUT2D eigenvalue weighted by molar-refractivity contribution is 0.416. The summed E-state index contributed by atoms with van der Waals surface area (Å²) < 4.78 is 37.0. The van der Waals surface area contributed by atoms with Crippen molar-refractivity contribution in [2.24, 2.45) is 0 Å². The molecule has 88 valence electrons. The maximum absolute atomic E-state index is 13.5. The minimum atomic E-state index is -1.76. The van der Waals surface area contributed by atoms with Gasteiger partial charge in [0.05, 0.1) is 5.02 Å². The largest absolute Gasteiger partial charge is 0.306 e. The molecule has 1 unspecified atom stereocenters. The molecule has 0 saturated heterocycles. The predicted octanol–water partition coefficient (Wildman–Crippen LogP) is 3.91. The average Bonchev–Trinajstić information content (AvgIpc) is 2.21. The second-order valence-electron chi connectivity index (χ2n) is 3.27. The number of rotatable bonds is 4. The van der Waals surface area contributed by atoms with E-state index in [2.05, 4.69) is 5.32 Å². The third-order valence-corrected chi connectivity index (χ3v) is 2.42. The molecule has 1 nitrogen and oxygen atoms in total. The molecule has 5 heteroatoms. The molecule has 0 aliphatic heterocycles. The van der Waals surface area contributed by atoms with Gasteiger partial charge in [0, 0.05) is 18.2 Å². The molecule has 1 aromatic carbocycles. The Labute approximate surface area is 96.9 Å². The first-order chi connectivity index (χ1) is 7.52.